The van der Waals surface area contributed by atoms with Gasteiger partial charge in [-0.1, -0.05) is 12.1 Å². The maximum Gasteiger partial charge on any atom is 0.416 e. The molecule has 1 aromatic rings. The first-order valence-corrected chi connectivity index (χ1v) is 9.35. The first-order valence-electron chi connectivity index (χ1n) is 7.53. The van der Waals surface area contributed by atoms with E-state index in [1.807, 2.05) is 0 Å². The maximum absolute atomic E-state index is 12.5. The van der Waals surface area contributed by atoms with E-state index in [0.29, 0.717) is 25.3 Å². The van der Waals surface area contributed by atoms with Gasteiger partial charge in [-0.25, -0.2) is 8.42 Å². The summed E-state index contributed by atoms with van der Waals surface area (Å²) < 4.78 is 60.3. The summed E-state index contributed by atoms with van der Waals surface area (Å²) in [4.78, 5) is 4.03. The minimum absolute atomic E-state index is 0. The van der Waals surface area contributed by atoms with Crippen molar-refractivity contribution in [2.24, 2.45) is 4.99 Å². The number of benzene rings is 1. The Kier molecular flexibility index (Phi) is 7.97. The Morgan fingerprint density at radius 3 is 2.40 bits per heavy atom. The topological polar surface area (TPSA) is 70.6 Å². The second-order valence-corrected chi connectivity index (χ2v) is 7.92. The van der Waals surface area contributed by atoms with Gasteiger partial charge in [-0.15, -0.1) is 24.0 Å². The lowest BCUT2D eigenvalue weighted by Gasteiger charge is -2.16. The van der Waals surface area contributed by atoms with Gasteiger partial charge in [-0.05, 0) is 30.5 Å². The lowest BCUT2D eigenvalue weighted by Crippen LogP contribution is -2.44. The fourth-order valence-corrected chi connectivity index (χ4v) is 4.16. The normalized spacial score (nSPS) is 20.0. The molecule has 2 N–H and O–H groups in total. The summed E-state index contributed by atoms with van der Waals surface area (Å²) in [7, 11) is -1.39. The van der Waals surface area contributed by atoms with Crippen molar-refractivity contribution in [2.75, 3.05) is 25.1 Å². The zero-order valence-electron chi connectivity index (χ0n) is 13.6. The van der Waals surface area contributed by atoms with Crippen LogP contribution in [0.25, 0.3) is 0 Å². The van der Waals surface area contributed by atoms with Crippen LogP contribution in [-0.4, -0.2) is 45.5 Å². The molecule has 1 aliphatic heterocycles. The van der Waals surface area contributed by atoms with E-state index in [4.69, 9.17) is 0 Å². The number of nitrogens with zero attached hydrogens (tertiary/aromatic N) is 1. The van der Waals surface area contributed by atoms with Crippen LogP contribution in [0.1, 0.15) is 17.5 Å². The minimum Gasteiger partial charge on any atom is -0.356 e. The van der Waals surface area contributed by atoms with Crippen LogP contribution in [0, 0.1) is 0 Å². The van der Waals surface area contributed by atoms with E-state index in [1.54, 1.807) is 7.05 Å². The lowest BCUT2D eigenvalue weighted by molar-refractivity contribution is -0.137. The van der Waals surface area contributed by atoms with Gasteiger partial charge in [-0.3, -0.25) is 4.99 Å². The molecule has 0 aliphatic carbocycles. The van der Waals surface area contributed by atoms with Gasteiger partial charge in [0.15, 0.2) is 15.8 Å². The summed E-state index contributed by atoms with van der Waals surface area (Å²) in [6.45, 7) is 0.477. The fourth-order valence-electron chi connectivity index (χ4n) is 2.48. The van der Waals surface area contributed by atoms with Gasteiger partial charge in [0, 0.05) is 19.6 Å². The molecular formula is C15H21F3IN3O2S. The standard InChI is InChI=1S/C15H20F3N3O2S.HI/c1-19-14(21-13-7-9-24(22,23)10-13)20-8-6-11-2-4-12(5-3-11)15(16,17)18;/h2-5,13H,6-10H2,1H3,(H2,19,20,21);1H. The number of guanidine groups is 1. The molecule has 0 amide bonds. The number of hydrogen-bond donors (Lipinski definition) is 2. The van der Waals surface area contributed by atoms with Crippen molar-refractivity contribution in [1.82, 2.24) is 10.6 Å². The predicted molar refractivity (Wildman–Crippen MR) is 102 cm³/mol. The van der Waals surface area contributed by atoms with Gasteiger partial charge in [0.05, 0.1) is 17.1 Å². The Hall–Kier alpha value is -1.04. The summed E-state index contributed by atoms with van der Waals surface area (Å²) in [6.07, 6.45) is -3.26. The van der Waals surface area contributed by atoms with Crippen LogP contribution in [-0.2, 0) is 22.4 Å². The lowest BCUT2D eigenvalue weighted by atomic mass is 10.1. The molecule has 1 aromatic carbocycles. The van der Waals surface area contributed by atoms with Crippen molar-refractivity contribution in [3.05, 3.63) is 35.4 Å². The SMILES string of the molecule is CN=C(NCCc1ccc(C(F)(F)F)cc1)NC1CCS(=O)(=O)C1.I. The minimum atomic E-state index is -4.33. The fraction of sp³-hybridized carbons (Fsp3) is 0.533. The Balaban J connectivity index is 0.00000312. The molecule has 0 spiro atoms. The van der Waals surface area contributed by atoms with Crippen molar-refractivity contribution in [1.29, 1.82) is 0 Å². The highest BCUT2D eigenvalue weighted by Crippen LogP contribution is 2.29. The molecule has 1 unspecified atom stereocenters. The molecule has 5 nitrogen and oxygen atoms in total. The maximum atomic E-state index is 12.5. The molecule has 142 valence electrons. The molecule has 0 aromatic heterocycles. The predicted octanol–water partition coefficient (Wildman–Crippen LogP) is 2.22. The van der Waals surface area contributed by atoms with Crippen molar-refractivity contribution in [2.45, 2.75) is 25.1 Å². The average Bonchev–Trinajstić information content (AvgIpc) is 2.84. The number of hydrogen-bond acceptors (Lipinski definition) is 3. The van der Waals surface area contributed by atoms with Crippen LogP contribution in [0.4, 0.5) is 13.2 Å². The molecule has 1 heterocycles. The Morgan fingerprint density at radius 2 is 1.92 bits per heavy atom. The molecule has 10 heteroatoms. The monoisotopic (exact) mass is 491 g/mol. The van der Waals surface area contributed by atoms with Crippen molar-refractivity contribution < 1.29 is 21.6 Å². The Bertz CT molecular complexity index is 691. The van der Waals surface area contributed by atoms with Gasteiger partial charge in [-0.2, -0.15) is 13.2 Å². The Morgan fingerprint density at radius 1 is 1.28 bits per heavy atom. The van der Waals surface area contributed by atoms with Crippen LogP contribution in [0.5, 0.6) is 0 Å². The van der Waals surface area contributed by atoms with Gasteiger partial charge in [0.2, 0.25) is 0 Å². The summed E-state index contributed by atoms with van der Waals surface area (Å²) >= 11 is 0. The highest BCUT2D eigenvalue weighted by atomic mass is 127. The second-order valence-electron chi connectivity index (χ2n) is 5.69. The summed E-state index contributed by atoms with van der Waals surface area (Å²) in [5.74, 6) is 0.754. The highest BCUT2D eigenvalue weighted by molar-refractivity contribution is 14.0. The first-order chi connectivity index (χ1) is 11.2. The molecule has 1 fully saturated rings. The van der Waals surface area contributed by atoms with Gasteiger partial charge >= 0.3 is 6.18 Å². The second kappa shape index (κ2) is 9.06. The van der Waals surface area contributed by atoms with Gasteiger partial charge in [0.1, 0.15) is 0 Å². The van der Waals surface area contributed by atoms with E-state index in [9.17, 15) is 21.6 Å². The molecule has 0 radical (unpaired) electrons. The summed E-state index contributed by atoms with van der Waals surface area (Å²) in [5.41, 5.74) is 0.105. The summed E-state index contributed by atoms with van der Waals surface area (Å²) in [6, 6.07) is 4.86. The van der Waals surface area contributed by atoms with Gasteiger partial charge < -0.3 is 10.6 Å². The van der Waals surface area contributed by atoms with Crippen LogP contribution < -0.4 is 10.6 Å². The first kappa shape index (κ1) is 22.0. The zero-order chi connectivity index (χ0) is 17.8. The molecular weight excluding hydrogens is 470 g/mol. The largest absolute Gasteiger partial charge is 0.416 e. The van der Waals surface area contributed by atoms with Gasteiger partial charge in [0.25, 0.3) is 0 Å². The number of aliphatic imine (C=N–C) groups is 1. The van der Waals surface area contributed by atoms with Crippen molar-refractivity contribution >= 4 is 39.8 Å². The summed E-state index contributed by atoms with van der Waals surface area (Å²) in [5, 5.41) is 6.09. The molecule has 1 saturated heterocycles. The smallest absolute Gasteiger partial charge is 0.356 e. The van der Waals surface area contributed by atoms with Crippen molar-refractivity contribution in [3.8, 4) is 0 Å². The number of sulfone groups is 1. The third kappa shape index (κ3) is 7.00. The van der Waals surface area contributed by atoms with E-state index in [0.717, 1.165) is 17.7 Å². The number of halogens is 4. The Labute approximate surface area is 162 Å². The van der Waals surface area contributed by atoms with E-state index in [2.05, 4.69) is 15.6 Å². The molecule has 0 bridgehead atoms. The van der Waals surface area contributed by atoms with Crippen LogP contribution >= 0.6 is 24.0 Å². The number of alkyl halides is 3. The van der Waals surface area contributed by atoms with Crippen molar-refractivity contribution in [3.63, 3.8) is 0 Å². The molecule has 1 atom stereocenters. The number of rotatable bonds is 4. The molecule has 1 aliphatic rings. The number of nitrogens with one attached hydrogen (secondary N) is 2. The van der Waals surface area contributed by atoms with Crippen LogP contribution in [0.15, 0.2) is 29.3 Å². The zero-order valence-corrected chi connectivity index (χ0v) is 16.8. The molecule has 25 heavy (non-hydrogen) atoms. The molecule has 0 saturated carbocycles. The van der Waals surface area contributed by atoms with E-state index in [-0.39, 0.29) is 41.5 Å². The van der Waals surface area contributed by atoms with Crippen LogP contribution in [0.3, 0.4) is 0 Å². The average molecular weight is 491 g/mol. The highest BCUT2D eigenvalue weighted by Gasteiger charge is 2.30. The third-order valence-corrected chi connectivity index (χ3v) is 5.55. The van der Waals surface area contributed by atoms with E-state index < -0.39 is 21.6 Å². The van der Waals surface area contributed by atoms with Crippen LogP contribution in [0.2, 0.25) is 0 Å². The molecule has 2 rings (SSSR count). The quantitative estimate of drug-likeness (QED) is 0.385. The van der Waals surface area contributed by atoms with E-state index >= 15 is 0 Å². The van der Waals surface area contributed by atoms with E-state index in [1.165, 1.54) is 12.1 Å². The third-order valence-electron chi connectivity index (χ3n) is 3.78.